The molecule has 4 nitrogen and oxygen atoms in total. The lowest BCUT2D eigenvalue weighted by Gasteiger charge is -2.13. The number of nitriles is 1. The average molecular weight is 271 g/mol. The maximum atomic E-state index is 14.0. The fraction of sp³-hybridized carbons (Fsp3) is 0.200. The number of hydrogen-bond acceptors (Lipinski definition) is 4. The fourth-order valence-corrected chi connectivity index (χ4v) is 1.72. The number of benzene rings is 1. The summed E-state index contributed by atoms with van der Waals surface area (Å²) in [5, 5.41) is 11.5. The minimum Gasteiger partial charge on any atom is -0.453 e. The lowest BCUT2D eigenvalue weighted by molar-refractivity contribution is 0.439. The van der Waals surface area contributed by atoms with Gasteiger partial charge in [-0.1, -0.05) is 6.07 Å². The van der Waals surface area contributed by atoms with Crippen LogP contribution in [0.3, 0.4) is 0 Å². The molecule has 1 aromatic carbocycles. The van der Waals surface area contributed by atoms with Crippen LogP contribution in [0.15, 0.2) is 42.7 Å². The number of rotatable bonds is 5. The van der Waals surface area contributed by atoms with Gasteiger partial charge in [-0.05, 0) is 36.8 Å². The molecule has 1 atom stereocenters. The van der Waals surface area contributed by atoms with E-state index < -0.39 is 5.82 Å². The van der Waals surface area contributed by atoms with Crippen LogP contribution in [0.5, 0.6) is 11.5 Å². The van der Waals surface area contributed by atoms with Crippen LogP contribution in [0.25, 0.3) is 0 Å². The number of hydrogen-bond donors (Lipinski definition) is 1. The normalized spacial score (nSPS) is 11.7. The molecule has 0 radical (unpaired) electrons. The topological polar surface area (TPSA) is 57.9 Å². The van der Waals surface area contributed by atoms with Crippen molar-refractivity contribution in [2.45, 2.75) is 13.0 Å². The van der Waals surface area contributed by atoms with Crippen LogP contribution >= 0.6 is 0 Å². The molecule has 0 fully saturated rings. The fourth-order valence-electron chi connectivity index (χ4n) is 1.72. The van der Waals surface area contributed by atoms with Gasteiger partial charge >= 0.3 is 0 Å². The molecule has 0 amide bonds. The van der Waals surface area contributed by atoms with E-state index in [0.717, 1.165) is 5.56 Å². The molecule has 0 saturated carbocycles. The van der Waals surface area contributed by atoms with Crippen LogP contribution in [-0.4, -0.2) is 11.5 Å². The summed E-state index contributed by atoms with van der Waals surface area (Å²) in [7, 11) is 0. The number of ether oxygens (including phenoxy) is 1. The Morgan fingerprint density at radius 3 is 2.95 bits per heavy atom. The first-order valence-electron chi connectivity index (χ1n) is 6.18. The molecule has 0 aliphatic heterocycles. The summed E-state index contributed by atoms with van der Waals surface area (Å²) in [6.07, 6.45) is 3.14. The van der Waals surface area contributed by atoms with Crippen LogP contribution in [0.4, 0.5) is 4.39 Å². The van der Waals surface area contributed by atoms with Crippen LogP contribution in [0.1, 0.15) is 18.5 Å². The Hall–Kier alpha value is -2.45. The number of aromatic nitrogens is 1. The molecule has 0 saturated heterocycles. The molecule has 1 N–H and O–H groups in total. The number of nitrogens with one attached hydrogen (secondary N) is 1. The zero-order valence-corrected chi connectivity index (χ0v) is 11.0. The molecule has 0 bridgehead atoms. The molecule has 2 aromatic rings. The highest BCUT2D eigenvalue weighted by Crippen LogP contribution is 2.26. The average Bonchev–Trinajstić information content (AvgIpc) is 2.48. The Bertz CT molecular complexity index is 610. The zero-order valence-electron chi connectivity index (χ0n) is 11.0. The van der Waals surface area contributed by atoms with Crippen molar-refractivity contribution in [3.05, 3.63) is 54.1 Å². The molecule has 2 rings (SSSR count). The van der Waals surface area contributed by atoms with Crippen LogP contribution < -0.4 is 10.1 Å². The van der Waals surface area contributed by atoms with E-state index in [4.69, 9.17) is 10.00 Å². The van der Waals surface area contributed by atoms with E-state index in [1.807, 2.05) is 13.0 Å². The minimum absolute atomic E-state index is 0.100. The Labute approximate surface area is 116 Å². The molecule has 0 spiro atoms. The molecular formula is C15H14FN3O. The largest absolute Gasteiger partial charge is 0.453 e. The zero-order chi connectivity index (χ0) is 14.4. The van der Waals surface area contributed by atoms with Crippen molar-refractivity contribution in [1.29, 1.82) is 5.26 Å². The molecule has 1 aromatic heterocycles. The maximum absolute atomic E-state index is 14.0. The second kappa shape index (κ2) is 6.64. The molecule has 0 aliphatic carbocycles. The van der Waals surface area contributed by atoms with E-state index in [1.54, 1.807) is 30.5 Å². The van der Waals surface area contributed by atoms with E-state index in [1.165, 1.54) is 12.3 Å². The van der Waals surface area contributed by atoms with E-state index >= 15 is 0 Å². The first-order valence-corrected chi connectivity index (χ1v) is 6.18. The van der Waals surface area contributed by atoms with Crippen molar-refractivity contribution in [1.82, 2.24) is 10.3 Å². The van der Waals surface area contributed by atoms with Gasteiger partial charge in [-0.2, -0.15) is 5.26 Å². The smallest absolute Gasteiger partial charge is 0.166 e. The molecule has 1 heterocycles. The first kappa shape index (κ1) is 14.0. The van der Waals surface area contributed by atoms with Crippen LogP contribution in [-0.2, 0) is 0 Å². The van der Waals surface area contributed by atoms with Crippen LogP contribution in [0.2, 0.25) is 0 Å². The highest BCUT2D eigenvalue weighted by molar-refractivity contribution is 5.34. The molecule has 20 heavy (non-hydrogen) atoms. The Morgan fingerprint density at radius 1 is 1.45 bits per heavy atom. The van der Waals surface area contributed by atoms with Gasteiger partial charge in [-0.25, -0.2) is 4.39 Å². The van der Waals surface area contributed by atoms with Crippen molar-refractivity contribution < 1.29 is 9.13 Å². The minimum atomic E-state index is -0.447. The van der Waals surface area contributed by atoms with Gasteiger partial charge in [0.25, 0.3) is 0 Å². The third-order valence-electron chi connectivity index (χ3n) is 2.81. The van der Waals surface area contributed by atoms with Gasteiger partial charge in [0.05, 0.1) is 18.8 Å². The summed E-state index contributed by atoms with van der Waals surface area (Å²) in [6, 6.07) is 10.1. The molecule has 0 aliphatic rings. The monoisotopic (exact) mass is 271 g/mol. The predicted molar refractivity (Wildman–Crippen MR) is 72.7 cm³/mol. The second-order valence-corrected chi connectivity index (χ2v) is 4.24. The Morgan fingerprint density at radius 2 is 2.30 bits per heavy atom. The first-order chi connectivity index (χ1) is 9.70. The standard InChI is InChI=1S/C15H14FN3O/c1-11(19-8-6-17)12-4-5-15(14(16)9-12)20-13-3-2-7-18-10-13/h2-5,7,9-11,19H,8H2,1H3/t11-/m0/s1. The van der Waals surface area contributed by atoms with E-state index in [-0.39, 0.29) is 18.3 Å². The Balaban J connectivity index is 2.12. The lowest BCUT2D eigenvalue weighted by atomic mass is 10.1. The summed E-state index contributed by atoms with van der Waals surface area (Å²) >= 11 is 0. The van der Waals surface area contributed by atoms with Gasteiger partial charge in [0.2, 0.25) is 0 Å². The summed E-state index contributed by atoms with van der Waals surface area (Å²) in [5.74, 6) is 0.181. The van der Waals surface area contributed by atoms with Crippen molar-refractivity contribution >= 4 is 0 Å². The number of nitrogens with zero attached hydrogens (tertiary/aromatic N) is 2. The van der Waals surface area contributed by atoms with Gasteiger partial charge in [0.15, 0.2) is 11.6 Å². The summed E-state index contributed by atoms with van der Waals surface area (Å²) < 4.78 is 19.4. The van der Waals surface area contributed by atoms with Crippen molar-refractivity contribution in [2.24, 2.45) is 0 Å². The van der Waals surface area contributed by atoms with Crippen molar-refractivity contribution in [3.8, 4) is 17.6 Å². The van der Waals surface area contributed by atoms with Gasteiger partial charge < -0.3 is 4.74 Å². The predicted octanol–water partition coefficient (Wildman–Crippen LogP) is 3.19. The Kier molecular flexibility index (Phi) is 4.64. The molecular weight excluding hydrogens is 257 g/mol. The van der Waals surface area contributed by atoms with Crippen molar-refractivity contribution in [2.75, 3.05) is 6.54 Å². The van der Waals surface area contributed by atoms with E-state index in [2.05, 4.69) is 10.3 Å². The second-order valence-electron chi connectivity index (χ2n) is 4.24. The summed E-state index contributed by atoms with van der Waals surface area (Å²) in [6.45, 7) is 2.09. The molecule has 5 heteroatoms. The van der Waals surface area contributed by atoms with Gasteiger partial charge in [-0.3, -0.25) is 10.3 Å². The van der Waals surface area contributed by atoms with Gasteiger partial charge in [0, 0.05) is 12.2 Å². The quantitative estimate of drug-likeness (QED) is 0.848. The SMILES string of the molecule is C[C@H](NCC#N)c1ccc(Oc2cccnc2)c(F)c1. The van der Waals surface area contributed by atoms with Gasteiger partial charge in [0.1, 0.15) is 5.75 Å². The number of halogens is 1. The van der Waals surface area contributed by atoms with E-state index in [0.29, 0.717) is 5.75 Å². The van der Waals surface area contributed by atoms with Crippen LogP contribution in [0, 0.1) is 17.1 Å². The lowest BCUT2D eigenvalue weighted by Crippen LogP contribution is -2.18. The third-order valence-corrected chi connectivity index (χ3v) is 2.81. The number of pyridine rings is 1. The highest BCUT2D eigenvalue weighted by atomic mass is 19.1. The van der Waals surface area contributed by atoms with E-state index in [9.17, 15) is 4.39 Å². The molecule has 102 valence electrons. The summed E-state index contributed by atoms with van der Waals surface area (Å²) in [5.41, 5.74) is 0.760. The molecule has 0 unspecified atom stereocenters. The summed E-state index contributed by atoms with van der Waals surface area (Å²) in [4.78, 5) is 3.90. The van der Waals surface area contributed by atoms with Crippen molar-refractivity contribution in [3.63, 3.8) is 0 Å². The van der Waals surface area contributed by atoms with Gasteiger partial charge in [-0.15, -0.1) is 0 Å². The third kappa shape index (κ3) is 3.53. The highest BCUT2D eigenvalue weighted by Gasteiger charge is 2.10. The maximum Gasteiger partial charge on any atom is 0.166 e.